The van der Waals surface area contributed by atoms with E-state index in [9.17, 15) is 4.79 Å². The third-order valence-electron chi connectivity index (χ3n) is 3.14. The van der Waals surface area contributed by atoms with Gasteiger partial charge in [0, 0.05) is 24.4 Å². The van der Waals surface area contributed by atoms with Crippen molar-refractivity contribution in [3.8, 4) is 0 Å². The molecule has 0 atom stereocenters. The van der Waals surface area contributed by atoms with Gasteiger partial charge >= 0.3 is 0 Å². The molecule has 0 unspecified atom stereocenters. The Hall–Kier alpha value is -2.42. The summed E-state index contributed by atoms with van der Waals surface area (Å²) in [5, 5.41) is 0. The fourth-order valence-corrected chi connectivity index (χ4v) is 2.24. The van der Waals surface area contributed by atoms with E-state index in [1.165, 1.54) is 11.1 Å². The van der Waals surface area contributed by atoms with Gasteiger partial charge in [-0.25, -0.2) is 4.98 Å². The van der Waals surface area contributed by atoms with E-state index in [0.29, 0.717) is 5.56 Å². The number of carbonyl (C=O) groups excluding carboxylic acids is 1. The molecule has 3 aromatic rings. The summed E-state index contributed by atoms with van der Waals surface area (Å²) in [7, 11) is 0. The number of hydrogen-bond donors (Lipinski definition) is 0. The lowest BCUT2D eigenvalue weighted by Gasteiger charge is -1.99. The fraction of sp³-hybridized carbons (Fsp3) is 0.125. The summed E-state index contributed by atoms with van der Waals surface area (Å²) >= 11 is 0. The number of benzene rings is 1. The van der Waals surface area contributed by atoms with Crippen molar-refractivity contribution in [3.63, 3.8) is 0 Å². The molecule has 0 bridgehead atoms. The molecule has 94 valence electrons. The average Bonchev–Trinajstić information content (AvgIpc) is 2.79. The Kier molecular flexibility index (Phi) is 2.88. The van der Waals surface area contributed by atoms with Crippen LogP contribution in [0.2, 0.25) is 0 Å². The molecule has 0 fully saturated rings. The van der Waals surface area contributed by atoms with E-state index in [4.69, 9.17) is 0 Å². The van der Waals surface area contributed by atoms with E-state index in [1.54, 1.807) is 12.1 Å². The van der Waals surface area contributed by atoms with Gasteiger partial charge in [0.2, 0.25) is 0 Å². The lowest BCUT2D eigenvalue weighted by atomic mass is 10.1. The molecule has 0 radical (unpaired) electrons. The van der Waals surface area contributed by atoms with Gasteiger partial charge < -0.3 is 4.40 Å². The van der Waals surface area contributed by atoms with Gasteiger partial charge in [0.05, 0.1) is 5.69 Å². The van der Waals surface area contributed by atoms with E-state index in [2.05, 4.69) is 36.2 Å². The smallest absolute Gasteiger partial charge is 0.150 e. The highest BCUT2D eigenvalue weighted by molar-refractivity contribution is 5.76. The highest BCUT2D eigenvalue weighted by Gasteiger charge is 2.04. The summed E-state index contributed by atoms with van der Waals surface area (Å²) in [4.78, 5) is 15.3. The van der Waals surface area contributed by atoms with Gasteiger partial charge in [-0.15, -0.1) is 0 Å². The van der Waals surface area contributed by atoms with Crippen molar-refractivity contribution in [2.75, 3.05) is 0 Å². The Morgan fingerprint density at radius 1 is 1.26 bits per heavy atom. The zero-order valence-electron chi connectivity index (χ0n) is 10.7. The Morgan fingerprint density at radius 3 is 2.95 bits per heavy atom. The Labute approximate surface area is 111 Å². The first-order valence-corrected chi connectivity index (χ1v) is 6.23. The van der Waals surface area contributed by atoms with Gasteiger partial charge in [-0.2, -0.15) is 0 Å². The number of pyridine rings is 1. The van der Waals surface area contributed by atoms with Gasteiger partial charge in [-0.05, 0) is 24.6 Å². The maximum atomic E-state index is 10.7. The van der Waals surface area contributed by atoms with Crippen LogP contribution in [0.15, 0.2) is 48.8 Å². The van der Waals surface area contributed by atoms with E-state index in [1.807, 2.05) is 16.8 Å². The van der Waals surface area contributed by atoms with Gasteiger partial charge in [-0.1, -0.05) is 29.8 Å². The second-order valence-electron chi connectivity index (χ2n) is 4.74. The molecule has 3 nitrogen and oxygen atoms in total. The van der Waals surface area contributed by atoms with Crippen LogP contribution in [0.25, 0.3) is 5.65 Å². The maximum absolute atomic E-state index is 10.7. The van der Waals surface area contributed by atoms with Crippen LogP contribution in [-0.4, -0.2) is 15.7 Å². The van der Waals surface area contributed by atoms with Crippen LogP contribution in [0.4, 0.5) is 0 Å². The summed E-state index contributed by atoms with van der Waals surface area (Å²) in [6, 6.07) is 12.0. The van der Waals surface area contributed by atoms with Crippen molar-refractivity contribution in [1.82, 2.24) is 9.38 Å². The summed E-state index contributed by atoms with van der Waals surface area (Å²) < 4.78 is 1.94. The molecular formula is C16H14N2O. The first-order valence-electron chi connectivity index (χ1n) is 6.23. The standard InChI is InChI=1S/C16H14N2O/c1-12-3-2-4-13(7-12)8-15-10-18-6-5-14(11-19)9-16(18)17-15/h2-7,9-11H,8H2,1H3. The molecule has 0 amide bonds. The lowest BCUT2D eigenvalue weighted by molar-refractivity contribution is 0.112. The number of fused-ring (bicyclic) bond motifs is 1. The van der Waals surface area contributed by atoms with Crippen LogP contribution in [0.5, 0.6) is 0 Å². The van der Waals surface area contributed by atoms with E-state index in [0.717, 1.165) is 24.0 Å². The predicted octanol–water partition coefficient (Wildman–Crippen LogP) is 3.05. The molecule has 0 saturated carbocycles. The fourth-order valence-electron chi connectivity index (χ4n) is 2.24. The molecule has 1 aromatic carbocycles. The van der Waals surface area contributed by atoms with Gasteiger partial charge in [0.1, 0.15) is 11.9 Å². The van der Waals surface area contributed by atoms with Crippen molar-refractivity contribution in [3.05, 3.63) is 71.2 Å². The lowest BCUT2D eigenvalue weighted by Crippen LogP contribution is -1.88. The SMILES string of the molecule is Cc1cccc(Cc2cn3ccc(C=O)cc3n2)c1. The monoisotopic (exact) mass is 250 g/mol. The summed E-state index contributed by atoms with van der Waals surface area (Å²) in [5.41, 5.74) is 4.98. The maximum Gasteiger partial charge on any atom is 0.150 e. The molecule has 2 heterocycles. The number of hydrogen-bond acceptors (Lipinski definition) is 2. The third kappa shape index (κ3) is 2.40. The third-order valence-corrected chi connectivity index (χ3v) is 3.14. The van der Waals surface area contributed by atoms with Crippen LogP contribution >= 0.6 is 0 Å². The number of rotatable bonds is 3. The van der Waals surface area contributed by atoms with Crippen LogP contribution in [0.1, 0.15) is 27.2 Å². The number of carbonyl (C=O) groups is 1. The van der Waals surface area contributed by atoms with Crippen molar-refractivity contribution in [1.29, 1.82) is 0 Å². The molecule has 19 heavy (non-hydrogen) atoms. The number of nitrogens with zero attached hydrogens (tertiary/aromatic N) is 2. The van der Waals surface area contributed by atoms with Crippen LogP contribution in [-0.2, 0) is 6.42 Å². The second-order valence-corrected chi connectivity index (χ2v) is 4.74. The number of aldehydes is 1. The minimum absolute atomic E-state index is 0.653. The van der Waals surface area contributed by atoms with Gasteiger partial charge in [0.25, 0.3) is 0 Å². The summed E-state index contributed by atoms with van der Waals surface area (Å²) in [5.74, 6) is 0. The molecule has 0 aliphatic carbocycles. The first kappa shape index (κ1) is 11.7. The minimum atomic E-state index is 0.653. The van der Waals surface area contributed by atoms with E-state index in [-0.39, 0.29) is 0 Å². The Balaban J connectivity index is 1.95. The molecule has 3 rings (SSSR count). The molecule has 0 aliphatic heterocycles. The van der Waals surface area contributed by atoms with Crippen molar-refractivity contribution < 1.29 is 4.79 Å². The van der Waals surface area contributed by atoms with Gasteiger partial charge in [-0.3, -0.25) is 4.79 Å². The Morgan fingerprint density at radius 2 is 2.16 bits per heavy atom. The molecule has 2 aromatic heterocycles. The van der Waals surface area contributed by atoms with Crippen molar-refractivity contribution in [2.24, 2.45) is 0 Å². The normalized spacial score (nSPS) is 10.8. The Bertz CT molecular complexity index is 743. The predicted molar refractivity (Wildman–Crippen MR) is 74.6 cm³/mol. The van der Waals surface area contributed by atoms with E-state index < -0.39 is 0 Å². The van der Waals surface area contributed by atoms with Crippen LogP contribution < -0.4 is 0 Å². The summed E-state index contributed by atoms with van der Waals surface area (Å²) in [6.45, 7) is 2.09. The van der Waals surface area contributed by atoms with Crippen LogP contribution in [0.3, 0.4) is 0 Å². The zero-order valence-corrected chi connectivity index (χ0v) is 10.7. The highest BCUT2D eigenvalue weighted by Crippen LogP contribution is 2.12. The molecule has 0 aliphatic rings. The number of aryl methyl sites for hydroxylation is 1. The molecular weight excluding hydrogens is 236 g/mol. The molecule has 3 heteroatoms. The second kappa shape index (κ2) is 4.69. The van der Waals surface area contributed by atoms with Crippen molar-refractivity contribution >= 4 is 11.9 Å². The minimum Gasteiger partial charge on any atom is -0.307 e. The largest absolute Gasteiger partial charge is 0.307 e. The van der Waals surface area contributed by atoms with E-state index >= 15 is 0 Å². The highest BCUT2D eigenvalue weighted by atomic mass is 16.1. The number of aromatic nitrogens is 2. The quantitative estimate of drug-likeness (QED) is 0.669. The first-order chi connectivity index (χ1) is 9.24. The topological polar surface area (TPSA) is 34.4 Å². The zero-order chi connectivity index (χ0) is 13.2. The average molecular weight is 250 g/mol. The molecule has 0 saturated heterocycles. The molecule has 0 N–H and O–H groups in total. The van der Waals surface area contributed by atoms with Crippen molar-refractivity contribution in [2.45, 2.75) is 13.3 Å². The van der Waals surface area contributed by atoms with Crippen LogP contribution in [0, 0.1) is 6.92 Å². The summed E-state index contributed by atoms with van der Waals surface area (Å²) in [6.07, 6.45) is 5.52. The number of imidazole rings is 1. The molecule has 0 spiro atoms. The van der Waals surface area contributed by atoms with Gasteiger partial charge in [0.15, 0.2) is 0 Å².